The van der Waals surface area contributed by atoms with E-state index in [2.05, 4.69) is 34.1 Å². The van der Waals surface area contributed by atoms with Crippen LogP contribution in [-0.4, -0.2) is 47.9 Å². The summed E-state index contributed by atoms with van der Waals surface area (Å²) in [6.45, 7) is 4.32. The summed E-state index contributed by atoms with van der Waals surface area (Å²) in [5.74, 6) is 0.499. The van der Waals surface area contributed by atoms with Gasteiger partial charge < -0.3 is 4.90 Å². The molecule has 2 aliphatic heterocycles. The lowest BCUT2D eigenvalue weighted by atomic mass is 9.82. The number of amides is 1. The average molecular weight is 298 g/mol. The zero-order valence-electron chi connectivity index (χ0n) is 13.3. The second-order valence-corrected chi connectivity index (χ2v) is 7.11. The largest absolute Gasteiger partial charge is 0.341 e. The fourth-order valence-electron chi connectivity index (χ4n) is 4.64. The van der Waals surface area contributed by atoms with Crippen LogP contribution in [0.1, 0.15) is 49.1 Å². The van der Waals surface area contributed by atoms with Crippen LogP contribution in [0.5, 0.6) is 0 Å². The van der Waals surface area contributed by atoms with Crippen molar-refractivity contribution in [3.05, 3.63) is 35.4 Å². The molecule has 3 aliphatic rings. The average Bonchev–Trinajstić information content (AvgIpc) is 2.90. The molecule has 0 radical (unpaired) electrons. The van der Waals surface area contributed by atoms with Gasteiger partial charge >= 0.3 is 0 Å². The Morgan fingerprint density at radius 3 is 2.82 bits per heavy atom. The maximum atomic E-state index is 13.2. The van der Waals surface area contributed by atoms with E-state index in [0.29, 0.717) is 11.9 Å². The molecule has 0 bridgehead atoms. The van der Waals surface area contributed by atoms with Crippen LogP contribution in [0.3, 0.4) is 0 Å². The smallest absolute Gasteiger partial charge is 0.230 e. The highest BCUT2D eigenvalue weighted by molar-refractivity contribution is 5.84. The summed E-state index contributed by atoms with van der Waals surface area (Å²) in [5, 5.41) is 0. The molecule has 22 heavy (non-hydrogen) atoms. The van der Waals surface area contributed by atoms with Crippen LogP contribution in [0.15, 0.2) is 24.3 Å². The summed E-state index contributed by atoms with van der Waals surface area (Å²) in [7, 11) is 0. The zero-order chi connectivity index (χ0) is 14.9. The maximum Gasteiger partial charge on any atom is 0.230 e. The van der Waals surface area contributed by atoms with E-state index in [1.54, 1.807) is 0 Å². The van der Waals surface area contributed by atoms with E-state index in [1.807, 2.05) is 0 Å². The van der Waals surface area contributed by atoms with Crippen molar-refractivity contribution in [2.24, 2.45) is 0 Å². The summed E-state index contributed by atoms with van der Waals surface area (Å²) >= 11 is 0. The Kier molecular flexibility index (Phi) is 3.91. The molecule has 2 atom stereocenters. The molecule has 2 saturated heterocycles. The molecule has 0 spiro atoms. The number of nitrogens with zero attached hydrogens (tertiary/aromatic N) is 2. The minimum absolute atomic E-state index is 0.109. The van der Waals surface area contributed by atoms with Gasteiger partial charge in [-0.15, -0.1) is 0 Å². The lowest BCUT2D eigenvalue weighted by Crippen LogP contribution is -2.42. The Balaban J connectivity index is 1.54. The Morgan fingerprint density at radius 1 is 1.00 bits per heavy atom. The summed E-state index contributed by atoms with van der Waals surface area (Å²) in [6.07, 6.45) is 7.02. The number of carbonyl (C=O) groups is 1. The number of aryl methyl sites for hydroxylation is 1. The highest BCUT2D eigenvalue weighted by Gasteiger charge is 2.34. The van der Waals surface area contributed by atoms with Crippen LogP contribution < -0.4 is 0 Å². The minimum atomic E-state index is 0.109. The number of hydrogen-bond donors (Lipinski definition) is 0. The van der Waals surface area contributed by atoms with E-state index in [-0.39, 0.29) is 5.92 Å². The van der Waals surface area contributed by atoms with Crippen molar-refractivity contribution in [1.82, 2.24) is 9.80 Å². The van der Waals surface area contributed by atoms with Crippen molar-refractivity contribution in [1.29, 1.82) is 0 Å². The number of hydrogen-bond acceptors (Lipinski definition) is 2. The fourth-order valence-corrected chi connectivity index (χ4v) is 4.64. The van der Waals surface area contributed by atoms with Crippen molar-refractivity contribution in [2.75, 3.05) is 26.2 Å². The molecule has 1 aromatic rings. The predicted molar refractivity (Wildman–Crippen MR) is 87.9 cm³/mol. The summed E-state index contributed by atoms with van der Waals surface area (Å²) in [5.41, 5.74) is 2.69. The molecule has 118 valence electrons. The van der Waals surface area contributed by atoms with Gasteiger partial charge in [-0.25, -0.2) is 0 Å². The molecule has 0 unspecified atom stereocenters. The van der Waals surface area contributed by atoms with Crippen molar-refractivity contribution in [2.45, 2.75) is 50.5 Å². The third kappa shape index (κ3) is 2.56. The SMILES string of the molecule is O=C([C@@H]1CCCc2ccccc21)N1CCCN2CCC[C@H]2C1. The lowest BCUT2D eigenvalue weighted by molar-refractivity contribution is -0.133. The standard InChI is InChI=1S/C19H26N2O/c22-19(18-10-3-7-15-6-1-2-9-17(15)18)21-13-5-12-20-11-4-8-16(20)14-21/h1-2,6,9,16,18H,3-5,7-8,10-14H2/t16-,18+/m0/s1. The van der Waals surface area contributed by atoms with Gasteiger partial charge in [-0.05, 0) is 56.2 Å². The van der Waals surface area contributed by atoms with Gasteiger partial charge in [0.2, 0.25) is 5.91 Å². The van der Waals surface area contributed by atoms with Gasteiger partial charge in [0, 0.05) is 25.7 Å². The van der Waals surface area contributed by atoms with E-state index >= 15 is 0 Å². The molecule has 3 nitrogen and oxygen atoms in total. The first-order chi connectivity index (χ1) is 10.8. The number of fused-ring (bicyclic) bond motifs is 2. The number of benzene rings is 1. The molecule has 1 aromatic carbocycles. The van der Waals surface area contributed by atoms with Gasteiger partial charge in [0.1, 0.15) is 0 Å². The van der Waals surface area contributed by atoms with Gasteiger partial charge in [0.15, 0.2) is 0 Å². The molecule has 0 saturated carbocycles. The van der Waals surface area contributed by atoms with E-state index in [4.69, 9.17) is 0 Å². The normalized spacial score (nSPS) is 28.8. The van der Waals surface area contributed by atoms with Crippen molar-refractivity contribution < 1.29 is 4.79 Å². The third-order valence-electron chi connectivity index (χ3n) is 5.78. The van der Waals surface area contributed by atoms with Gasteiger partial charge in [0.05, 0.1) is 5.92 Å². The Labute approximate surface area is 133 Å². The Morgan fingerprint density at radius 2 is 1.86 bits per heavy atom. The monoisotopic (exact) mass is 298 g/mol. The van der Waals surface area contributed by atoms with Crippen LogP contribution >= 0.6 is 0 Å². The zero-order valence-corrected chi connectivity index (χ0v) is 13.3. The van der Waals surface area contributed by atoms with Crippen LogP contribution in [0, 0.1) is 0 Å². The topological polar surface area (TPSA) is 23.6 Å². The van der Waals surface area contributed by atoms with Crippen molar-refractivity contribution in [3.63, 3.8) is 0 Å². The van der Waals surface area contributed by atoms with Gasteiger partial charge in [-0.3, -0.25) is 9.69 Å². The minimum Gasteiger partial charge on any atom is -0.341 e. The second-order valence-electron chi connectivity index (χ2n) is 7.11. The molecule has 2 heterocycles. The van der Waals surface area contributed by atoms with Crippen molar-refractivity contribution >= 4 is 5.91 Å². The highest BCUT2D eigenvalue weighted by atomic mass is 16.2. The summed E-state index contributed by atoms with van der Waals surface area (Å²) < 4.78 is 0. The molecule has 4 rings (SSSR count). The molecule has 3 heteroatoms. The van der Waals surface area contributed by atoms with Crippen molar-refractivity contribution in [3.8, 4) is 0 Å². The van der Waals surface area contributed by atoms with Crippen LogP contribution in [0.2, 0.25) is 0 Å². The van der Waals surface area contributed by atoms with Crippen LogP contribution in [-0.2, 0) is 11.2 Å². The lowest BCUT2D eigenvalue weighted by Gasteiger charge is -2.31. The summed E-state index contributed by atoms with van der Waals surface area (Å²) in [4.78, 5) is 17.9. The van der Waals surface area contributed by atoms with Crippen LogP contribution in [0.25, 0.3) is 0 Å². The number of rotatable bonds is 1. The second kappa shape index (κ2) is 6.04. The van der Waals surface area contributed by atoms with E-state index in [1.165, 1.54) is 37.1 Å². The van der Waals surface area contributed by atoms with E-state index in [0.717, 1.165) is 38.8 Å². The molecule has 1 amide bonds. The third-order valence-corrected chi connectivity index (χ3v) is 5.78. The molecular formula is C19H26N2O. The molecular weight excluding hydrogens is 272 g/mol. The molecule has 1 aliphatic carbocycles. The maximum absolute atomic E-state index is 13.2. The first-order valence-corrected chi connectivity index (χ1v) is 8.93. The molecule has 0 N–H and O–H groups in total. The molecule has 2 fully saturated rings. The van der Waals surface area contributed by atoms with Crippen LogP contribution in [0.4, 0.5) is 0 Å². The predicted octanol–water partition coefficient (Wildman–Crippen LogP) is 2.80. The van der Waals surface area contributed by atoms with Gasteiger partial charge in [-0.2, -0.15) is 0 Å². The first-order valence-electron chi connectivity index (χ1n) is 8.93. The first kappa shape index (κ1) is 14.3. The Bertz CT molecular complexity index is 556. The summed E-state index contributed by atoms with van der Waals surface area (Å²) in [6, 6.07) is 9.19. The fraction of sp³-hybridized carbons (Fsp3) is 0.632. The molecule has 0 aromatic heterocycles. The van der Waals surface area contributed by atoms with Gasteiger partial charge in [0.25, 0.3) is 0 Å². The Hall–Kier alpha value is -1.35. The quantitative estimate of drug-likeness (QED) is 0.796. The van der Waals surface area contributed by atoms with Gasteiger partial charge in [-0.1, -0.05) is 24.3 Å². The van der Waals surface area contributed by atoms with E-state index in [9.17, 15) is 4.79 Å². The van der Waals surface area contributed by atoms with E-state index < -0.39 is 0 Å². The number of carbonyl (C=O) groups excluding carboxylic acids is 1. The highest BCUT2D eigenvalue weighted by Crippen LogP contribution is 2.33.